The summed E-state index contributed by atoms with van der Waals surface area (Å²) in [6.45, 7) is 1.42. The molecule has 1 aromatic carbocycles. The number of carbonyl (C=O) groups excluding carboxylic acids is 1. The molecule has 0 saturated carbocycles. The maximum Gasteiger partial charge on any atom is 0.411 e. The Hall–Kier alpha value is -2.35. The largest absolute Gasteiger partial charge is 0.411 e. The fourth-order valence-corrected chi connectivity index (χ4v) is 2.53. The molecule has 2 aromatic rings. The van der Waals surface area contributed by atoms with E-state index in [1.165, 1.54) is 6.20 Å². The molecule has 142 valence electrons. The zero-order valence-electron chi connectivity index (χ0n) is 14.6. The normalized spacial score (nSPS) is 11.5. The summed E-state index contributed by atoms with van der Waals surface area (Å²) >= 11 is 0. The molecule has 0 saturated heterocycles. The SMILES string of the molecule is CCc1c(C(=O)NCCCOCC(F)(F)F)cnn1Cc1ccccc1. The van der Waals surface area contributed by atoms with Gasteiger partial charge in [-0.15, -0.1) is 0 Å². The fourth-order valence-electron chi connectivity index (χ4n) is 2.53. The van der Waals surface area contributed by atoms with Gasteiger partial charge in [0, 0.05) is 13.2 Å². The first-order valence-electron chi connectivity index (χ1n) is 8.42. The first-order valence-corrected chi connectivity index (χ1v) is 8.42. The Labute approximate surface area is 150 Å². The number of halogens is 3. The van der Waals surface area contributed by atoms with Gasteiger partial charge in [0.1, 0.15) is 6.61 Å². The molecule has 8 heteroatoms. The number of amides is 1. The summed E-state index contributed by atoms with van der Waals surface area (Å²) in [5, 5.41) is 6.99. The van der Waals surface area contributed by atoms with Crippen molar-refractivity contribution in [3.05, 3.63) is 53.3 Å². The average Bonchev–Trinajstić information content (AvgIpc) is 3.00. The Morgan fingerprint density at radius 2 is 2.00 bits per heavy atom. The average molecular weight is 369 g/mol. The lowest BCUT2D eigenvalue weighted by atomic mass is 10.1. The minimum Gasteiger partial charge on any atom is -0.372 e. The van der Waals surface area contributed by atoms with Crippen LogP contribution in [-0.2, 0) is 17.7 Å². The van der Waals surface area contributed by atoms with Crippen LogP contribution in [-0.4, -0.2) is 41.6 Å². The number of benzene rings is 1. The molecule has 0 unspecified atom stereocenters. The number of rotatable bonds is 9. The van der Waals surface area contributed by atoms with E-state index in [9.17, 15) is 18.0 Å². The van der Waals surface area contributed by atoms with Gasteiger partial charge >= 0.3 is 6.18 Å². The van der Waals surface area contributed by atoms with E-state index in [1.54, 1.807) is 4.68 Å². The molecule has 26 heavy (non-hydrogen) atoms. The van der Waals surface area contributed by atoms with Crippen molar-refractivity contribution in [2.24, 2.45) is 0 Å². The molecule has 1 heterocycles. The number of ether oxygens (including phenoxy) is 1. The quantitative estimate of drug-likeness (QED) is 0.691. The molecule has 2 rings (SSSR count). The lowest BCUT2D eigenvalue weighted by Gasteiger charge is -2.09. The Balaban J connectivity index is 1.85. The van der Waals surface area contributed by atoms with E-state index in [-0.39, 0.29) is 19.1 Å². The van der Waals surface area contributed by atoms with Gasteiger partial charge in [-0.05, 0) is 18.4 Å². The van der Waals surface area contributed by atoms with E-state index in [4.69, 9.17) is 0 Å². The summed E-state index contributed by atoms with van der Waals surface area (Å²) in [5.41, 5.74) is 2.39. The van der Waals surface area contributed by atoms with Crippen LogP contribution in [0.2, 0.25) is 0 Å². The number of carbonyl (C=O) groups is 1. The highest BCUT2D eigenvalue weighted by molar-refractivity contribution is 5.95. The van der Waals surface area contributed by atoms with E-state index in [1.807, 2.05) is 37.3 Å². The molecule has 0 fully saturated rings. The third kappa shape index (κ3) is 6.18. The second-order valence-electron chi connectivity index (χ2n) is 5.78. The highest BCUT2D eigenvalue weighted by Crippen LogP contribution is 2.14. The van der Waals surface area contributed by atoms with Crippen molar-refractivity contribution in [3.63, 3.8) is 0 Å². The van der Waals surface area contributed by atoms with Gasteiger partial charge in [0.05, 0.1) is 24.0 Å². The Bertz CT molecular complexity index is 699. The number of aromatic nitrogens is 2. The van der Waals surface area contributed by atoms with Crippen molar-refractivity contribution in [2.45, 2.75) is 32.5 Å². The summed E-state index contributed by atoms with van der Waals surface area (Å²) in [4.78, 5) is 12.3. The summed E-state index contributed by atoms with van der Waals surface area (Å²) in [6, 6.07) is 9.80. The highest BCUT2D eigenvalue weighted by Gasteiger charge is 2.27. The number of hydrogen-bond acceptors (Lipinski definition) is 3. The van der Waals surface area contributed by atoms with Crippen LogP contribution >= 0.6 is 0 Å². The molecule has 0 aliphatic carbocycles. The van der Waals surface area contributed by atoms with Crippen LogP contribution in [0.1, 0.15) is 35.0 Å². The van der Waals surface area contributed by atoms with Gasteiger partial charge in [-0.2, -0.15) is 18.3 Å². The molecule has 0 aliphatic heterocycles. The zero-order valence-corrected chi connectivity index (χ0v) is 14.6. The minimum atomic E-state index is -4.33. The van der Waals surface area contributed by atoms with Crippen LogP contribution in [0.3, 0.4) is 0 Å². The maximum atomic E-state index is 12.3. The van der Waals surface area contributed by atoms with Gasteiger partial charge in [0.25, 0.3) is 5.91 Å². The van der Waals surface area contributed by atoms with Gasteiger partial charge in [0.2, 0.25) is 0 Å². The van der Waals surface area contributed by atoms with E-state index < -0.39 is 12.8 Å². The Morgan fingerprint density at radius 3 is 2.65 bits per heavy atom. The number of alkyl halides is 3. The maximum absolute atomic E-state index is 12.3. The van der Waals surface area contributed by atoms with Gasteiger partial charge < -0.3 is 10.1 Å². The minimum absolute atomic E-state index is 0.0618. The van der Waals surface area contributed by atoms with Crippen LogP contribution in [0.15, 0.2) is 36.5 Å². The van der Waals surface area contributed by atoms with Crippen molar-refractivity contribution in [3.8, 4) is 0 Å². The number of hydrogen-bond donors (Lipinski definition) is 1. The highest BCUT2D eigenvalue weighted by atomic mass is 19.4. The first kappa shape index (κ1) is 20.0. The smallest absolute Gasteiger partial charge is 0.372 e. The lowest BCUT2D eigenvalue weighted by molar-refractivity contribution is -0.173. The third-order valence-corrected chi connectivity index (χ3v) is 3.72. The second-order valence-corrected chi connectivity index (χ2v) is 5.78. The molecule has 1 N–H and O–H groups in total. The van der Waals surface area contributed by atoms with Crippen molar-refractivity contribution >= 4 is 5.91 Å². The molecular formula is C18H22F3N3O2. The number of nitrogens with one attached hydrogen (secondary N) is 1. The molecular weight excluding hydrogens is 347 g/mol. The molecule has 0 bridgehead atoms. The first-order chi connectivity index (χ1) is 12.4. The fraction of sp³-hybridized carbons (Fsp3) is 0.444. The predicted molar refractivity (Wildman–Crippen MR) is 91.0 cm³/mol. The summed E-state index contributed by atoms with van der Waals surface area (Å²) in [7, 11) is 0. The summed E-state index contributed by atoms with van der Waals surface area (Å²) < 4.78 is 42.2. The van der Waals surface area contributed by atoms with E-state index in [0.717, 1.165) is 11.3 Å². The summed E-state index contributed by atoms with van der Waals surface area (Å²) in [6.07, 6.45) is -1.85. The summed E-state index contributed by atoms with van der Waals surface area (Å²) in [5.74, 6) is -0.281. The van der Waals surface area contributed by atoms with E-state index in [2.05, 4.69) is 15.2 Å². The zero-order chi connectivity index (χ0) is 19.0. The van der Waals surface area contributed by atoms with Crippen molar-refractivity contribution < 1.29 is 22.7 Å². The van der Waals surface area contributed by atoms with Crippen LogP contribution < -0.4 is 5.32 Å². The van der Waals surface area contributed by atoms with Crippen molar-refractivity contribution in [1.82, 2.24) is 15.1 Å². The molecule has 0 radical (unpaired) electrons. The predicted octanol–water partition coefficient (Wildman–Crippen LogP) is 3.19. The van der Waals surface area contributed by atoms with Gasteiger partial charge in [-0.3, -0.25) is 9.48 Å². The molecule has 0 spiro atoms. The van der Waals surface area contributed by atoms with Gasteiger partial charge in [-0.25, -0.2) is 0 Å². The molecule has 1 aromatic heterocycles. The van der Waals surface area contributed by atoms with Crippen molar-refractivity contribution in [2.75, 3.05) is 19.8 Å². The Kier molecular flexibility index (Phi) is 7.20. The van der Waals surface area contributed by atoms with Crippen LogP contribution in [0.5, 0.6) is 0 Å². The second kappa shape index (κ2) is 9.38. The third-order valence-electron chi connectivity index (χ3n) is 3.72. The molecule has 0 atom stereocenters. The molecule has 5 nitrogen and oxygen atoms in total. The van der Waals surface area contributed by atoms with Crippen LogP contribution in [0.25, 0.3) is 0 Å². The molecule has 0 aliphatic rings. The Morgan fingerprint density at radius 1 is 1.27 bits per heavy atom. The lowest BCUT2D eigenvalue weighted by Crippen LogP contribution is -2.26. The van der Waals surface area contributed by atoms with Gasteiger partial charge in [-0.1, -0.05) is 37.3 Å². The number of nitrogens with zero attached hydrogens (tertiary/aromatic N) is 2. The topological polar surface area (TPSA) is 56.1 Å². The van der Waals surface area contributed by atoms with E-state index >= 15 is 0 Å². The van der Waals surface area contributed by atoms with Crippen LogP contribution in [0, 0.1) is 0 Å². The molecule has 1 amide bonds. The monoisotopic (exact) mass is 369 g/mol. The van der Waals surface area contributed by atoms with Crippen molar-refractivity contribution in [1.29, 1.82) is 0 Å². The van der Waals surface area contributed by atoms with Crippen LogP contribution in [0.4, 0.5) is 13.2 Å². The standard InChI is InChI=1S/C18H22F3N3O2/c1-2-16-15(11-23-24(16)12-14-7-4-3-5-8-14)17(25)22-9-6-10-26-13-18(19,20)21/h3-5,7-8,11H,2,6,9-10,12-13H2,1H3,(H,22,25). The van der Waals surface area contributed by atoms with E-state index in [0.29, 0.717) is 24.9 Å². The van der Waals surface area contributed by atoms with Gasteiger partial charge in [0.15, 0.2) is 0 Å².